The molecule has 4 saturated carbocycles. The predicted octanol–water partition coefficient (Wildman–Crippen LogP) is 13.9. The second-order valence-electron chi connectivity index (χ2n) is 16.2. The number of benzene rings is 7. The third kappa shape index (κ3) is 4.90. The normalized spacial score (nSPS) is 23.2. The quantitative estimate of drug-likeness (QED) is 0.169. The average molecular weight is 682 g/mol. The molecule has 12 rings (SSSR count). The molecule has 0 saturated heterocycles. The van der Waals surface area contributed by atoms with Crippen molar-refractivity contribution in [2.75, 3.05) is 4.90 Å². The third-order valence-electron chi connectivity index (χ3n) is 13.5. The molecule has 7 aromatic carbocycles. The van der Waals surface area contributed by atoms with Crippen molar-refractivity contribution in [2.45, 2.75) is 37.5 Å². The first kappa shape index (κ1) is 30.9. The Labute approximate surface area is 313 Å². The van der Waals surface area contributed by atoms with Crippen molar-refractivity contribution in [2.24, 2.45) is 23.7 Å². The molecule has 4 bridgehead atoms. The van der Waals surface area contributed by atoms with E-state index < -0.39 is 0 Å². The molecular formula is C52H43N. The highest BCUT2D eigenvalue weighted by molar-refractivity contribution is 5.87. The Hall–Kier alpha value is -5.66. The summed E-state index contributed by atoms with van der Waals surface area (Å²) in [7, 11) is 0. The molecule has 1 heteroatoms. The highest BCUT2D eigenvalue weighted by Crippen LogP contribution is 2.69. The van der Waals surface area contributed by atoms with Crippen molar-refractivity contribution in [3.8, 4) is 44.5 Å². The second-order valence-corrected chi connectivity index (χ2v) is 16.2. The van der Waals surface area contributed by atoms with Gasteiger partial charge in [-0.15, -0.1) is 0 Å². The Morgan fingerprint density at radius 1 is 0.340 bits per heavy atom. The third-order valence-corrected chi connectivity index (χ3v) is 13.5. The van der Waals surface area contributed by atoms with Crippen LogP contribution < -0.4 is 4.90 Å². The lowest BCUT2D eigenvalue weighted by atomic mass is 9.43. The van der Waals surface area contributed by atoms with Crippen LogP contribution in [0, 0.1) is 23.7 Å². The molecular weight excluding hydrogens is 639 g/mol. The number of anilines is 3. The lowest BCUT2D eigenvalue weighted by molar-refractivity contribution is -0.0399. The SMILES string of the molecule is c1ccc(-c2ccc(-c3ccc(N(c4ccc(-c5ccccc5)cc4)c4ccc5c(c4)C4(c6ccccc6-5)C5CC6CC(C5)CC4C6)cc3)cc2)cc1. The molecule has 256 valence electrons. The Morgan fingerprint density at radius 2 is 0.736 bits per heavy atom. The van der Waals surface area contributed by atoms with Gasteiger partial charge >= 0.3 is 0 Å². The van der Waals surface area contributed by atoms with Gasteiger partial charge in [0.1, 0.15) is 0 Å². The minimum Gasteiger partial charge on any atom is -0.310 e. The fourth-order valence-electron chi connectivity index (χ4n) is 11.4. The Kier molecular flexibility index (Phi) is 7.12. The summed E-state index contributed by atoms with van der Waals surface area (Å²) in [4.78, 5) is 2.49. The van der Waals surface area contributed by atoms with Gasteiger partial charge in [0.2, 0.25) is 0 Å². The summed E-state index contributed by atoms with van der Waals surface area (Å²) in [5.41, 5.74) is 17.3. The summed E-state index contributed by atoms with van der Waals surface area (Å²) in [6.45, 7) is 0. The molecule has 0 amide bonds. The van der Waals surface area contributed by atoms with Crippen LogP contribution in [-0.4, -0.2) is 0 Å². The zero-order valence-electron chi connectivity index (χ0n) is 30.0. The molecule has 0 aliphatic heterocycles. The zero-order chi connectivity index (χ0) is 34.9. The van der Waals surface area contributed by atoms with Crippen LogP contribution in [0.5, 0.6) is 0 Å². The van der Waals surface area contributed by atoms with Gasteiger partial charge in [-0.2, -0.15) is 0 Å². The van der Waals surface area contributed by atoms with E-state index in [1.807, 2.05) is 0 Å². The van der Waals surface area contributed by atoms with Crippen LogP contribution in [0.15, 0.2) is 176 Å². The number of nitrogens with zero attached hydrogens (tertiary/aromatic N) is 1. The first-order valence-corrected chi connectivity index (χ1v) is 19.7. The maximum absolute atomic E-state index is 2.61. The maximum atomic E-state index is 2.61. The van der Waals surface area contributed by atoms with E-state index in [1.165, 1.54) is 93.7 Å². The molecule has 0 unspecified atom stereocenters. The number of fused-ring (bicyclic) bond motifs is 3. The van der Waals surface area contributed by atoms with Crippen LogP contribution in [-0.2, 0) is 5.41 Å². The van der Waals surface area contributed by atoms with Gasteiger partial charge in [0, 0.05) is 22.5 Å². The van der Waals surface area contributed by atoms with Gasteiger partial charge in [0.25, 0.3) is 0 Å². The largest absolute Gasteiger partial charge is 0.310 e. The molecule has 0 radical (unpaired) electrons. The number of hydrogen-bond donors (Lipinski definition) is 0. The van der Waals surface area contributed by atoms with Gasteiger partial charge in [0.05, 0.1) is 0 Å². The average Bonchev–Trinajstić information content (AvgIpc) is 3.51. The van der Waals surface area contributed by atoms with Crippen LogP contribution >= 0.6 is 0 Å². The van der Waals surface area contributed by atoms with E-state index in [2.05, 4.69) is 181 Å². The highest BCUT2D eigenvalue weighted by atomic mass is 15.1. The molecule has 5 aliphatic rings. The maximum Gasteiger partial charge on any atom is 0.0465 e. The van der Waals surface area contributed by atoms with Crippen molar-refractivity contribution in [3.05, 3.63) is 187 Å². The Bertz CT molecular complexity index is 2400. The van der Waals surface area contributed by atoms with E-state index in [0.29, 0.717) is 0 Å². The summed E-state index contributed by atoms with van der Waals surface area (Å²) >= 11 is 0. The Balaban J connectivity index is 1.02. The summed E-state index contributed by atoms with van der Waals surface area (Å²) in [6, 6.07) is 65.6. The minimum atomic E-state index is 0.133. The monoisotopic (exact) mass is 681 g/mol. The Morgan fingerprint density at radius 3 is 1.25 bits per heavy atom. The first-order valence-electron chi connectivity index (χ1n) is 19.7. The van der Waals surface area contributed by atoms with E-state index in [1.54, 1.807) is 11.1 Å². The molecule has 1 spiro atoms. The summed E-state index contributed by atoms with van der Waals surface area (Å²) in [5, 5.41) is 0. The van der Waals surface area contributed by atoms with Crippen molar-refractivity contribution < 1.29 is 0 Å². The molecule has 53 heavy (non-hydrogen) atoms. The molecule has 0 N–H and O–H groups in total. The lowest BCUT2D eigenvalue weighted by Gasteiger charge is -2.61. The molecule has 1 nitrogen and oxygen atoms in total. The van der Waals surface area contributed by atoms with Crippen LogP contribution in [0.1, 0.15) is 43.2 Å². The topological polar surface area (TPSA) is 3.24 Å². The van der Waals surface area contributed by atoms with Gasteiger partial charge in [-0.3, -0.25) is 0 Å². The van der Waals surface area contributed by atoms with Gasteiger partial charge < -0.3 is 4.90 Å². The van der Waals surface area contributed by atoms with Crippen molar-refractivity contribution in [1.82, 2.24) is 0 Å². The van der Waals surface area contributed by atoms with Crippen molar-refractivity contribution >= 4 is 17.1 Å². The molecule has 0 heterocycles. The van der Waals surface area contributed by atoms with Crippen LogP contribution in [0.25, 0.3) is 44.5 Å². The van der Waals surface area contributed by atoms with E-state index in [0.717, 1.165) is 23.7 Å². The number of rotatable bonds is 6. The van der Waals surface area contributed by atoms with Crippen LogP contribution in [0.3, 0.4) is 0 Å². The predicted molar refractivity (Wildman–Crippen MR) is 221 cm³/mol. The van der Waals surface area contributed by atoms with E-state index in [-0.39, 0.29) is 5.41 Å². The van der Waals surface area contributed by atoms with Gasteiger partial charge in [0.15, 0.2) is 0 Å². The van der Waals surface area contributed by atoms with E-state index in [9.17, 15) is 0 Å². The summed E-state index contributed by atoms with van der Waals surface area (Å²) in [6.07, 6.45) is 7.04. The van der Waals surface area contributed by atoms with Crippen LogP contribution in [0.2, 0.25) is 0 Å². The van der Waals surface area contributed by atoms with E-state index >= 15 is 0 Å². The second kappa shape index (κ2) is 12.2. The van der Waals surface area contributed by atoms with Crippen molar-refractivity contribution in [3.63, 3.8) is 0 Å². The lowest BCUT2D eigenvalue weighted by Crippen LogP contribution is -2.55. The van der Waals surface area contributed by atoms with E-state index in [4.69, 9.17) is 0 Å². The molecule has 0 atom stereocenters. The molecule has 7 aromatic rings. The molecule has 0 aromatic heterocycles. The first-order chi connectivity index (χ1) is 26.2. The standard InChI is InChI=1S/C52H43N/c1-3-9-37(10-4-1)39-15-17-40(18-16-39)42-21-25-46(26-22-42)53(45-23-19-41(20-24-45)38-11-5-2-6-12-38)47-27-28-49-48-13-7-8-14-50(48)52(51(49)34-47)43-30-35-29-36(32-43)33-44(52)31-35/h1-28,34-36,43-44H,29-33H2. The van der Waals surface area contributed by atoms with Crippen molar-refractivity contribution in [1.29, 1.82) is 0 Å². The van der Waals surface area contributed by atoms with Crippen LogP contribution in [0.4, 0.5) is 17.1 Å². The summed E-state index contributed by atoms with van der Waals surface area (Å²) < 4.78 is 0. The fourth-order valence-corrected chi connectivity index (χ4v) is 11.4. The minimum absolute atomic E-state index is 0.133. The smallest absolute Gasteiger partial charge is 0.0465 e. The summed E-state index contributed by atoms with van der Waals surface area (Å²) in [5.74, 6) is 3.33. The molecule has 4 fully saturated rings. The van der Waals surface area contributed by atoms with Gasteiger partial charge in [-0.25, -0.2) is 0 Å². The van der Waals surface area contributed by atoms with Gasteiger partial charge in [-0.1, -0.05) is 140 Å². The number of hydrogen-bond acceptors (Lipinski definition) is 1. The van der Waals surface area contributed by atoms with Gasteiger partial charge in [-0.05, 0) is 148 Å². The molecule has 5 aliphatic carbocycles. The zero-order valence-corrected chi connectivity index (χ0v) is 30.0. The highest BCUT2D eigenvalue weighted by Gasteiger charge is 2.61. The fraction of sp³-hybridized carbons (Fsp3) is 0.192.